The van der Waals surface area contributed by atoms with Gasteiger partial charge in [-0.1, -0.05) is 26.2 Å². The highest BCUT2D eigenvalue weighted by atomic mass is 16.1. The molecule has 0 bridgehead atoms. The maximum absolute atomic E-state index is 12.9. The third-order valence-electron chi connectivity index (χ3n) is 6.13. The summed E-state index contributed by atoms with van der Waals surface area (Å²) in [5.41, 5.74) is 3.29. The van der Waals surface area contributed by atoms with Crippen molar-refractivity contribution in [3.05, 3.63) is 23.0 Å². The van der Waals surface area contributed by atoms with E-state index in [9.17, 15) is 4.79 Å². The van der Waals surface area contributed by atoms with Gasteiger partial charge in [-0.15, -0.1) is 0 Å². The summed E-state index contributed by atoms with van der Waals surface area (Å²) in [6.45, 7) is 9.92. The average molecular weight is 346 g/mol. The Kier molecular flexibility index (Phi) is 6.21. The van der Waals surface area contributed by atoms with E-state index < -0.39 is 0 Å². The number of rotatable bonds is 5. The van der Waals surface area contributed by atoms with E-state index in [1.54, 1.807) is 0 Å². The van der Waals surface area contributed by atoms with E-state index in [2.05, 4.69) is 41.6 Å². The smallest absolute Gasteiger partial charge is 0.253 e. The molecule has 25 heavy (non-hydrogen) atoms. The number of likely N-dealkylation sites (tertiary alicyclic amines) is 1. The molecule has 2 fully saturated rings. The van der Waals surface area contributed by atoms with Gasteiger partial charge in [0.15, 0.2) is 0 Å². The third kappa shape index (κ3) is 4.28. The fourth-order valence-corrected chi connectivity index (χ4v) is 4.79. The Bertz CT molecular complexity index is 578. The van der Waals surface area contributed by atoms with Gasteiger partial charge in [-0.25, -0.2) is 0 Å². The van der Waals surface area contributed by atoms with Crippen LogP contribution in [0.3, 0.4) is 0 Å². The van der Waals surface area contributed by atoms with Crippen LogP contribution in [0.4, 0.5) is 0 Å². The summed E-state index contributed by atoms with van der Waals surface area (Å²) in [5.74, 6) is 0.129. The highest BCUT2D eigenvalue weighted by Gasteiger charge is 2.25. The lowest BCUT2D eigenvalue weighted by atomic mass is 9.95. The quantitative estimate of drug-likeness (QED) is 0.868. The van der Waals surface area contributed by atoms with Crippen LogP contribution in [-0.4, -0.2) is 41.1 Å². The van der Waals surface area contributed by atoms with E-state index in [4.69, 9.17) is 0 Å². The lowest BCUT2D eigenvalue weighted by molar-refractivity contribution is 0.0910. The number of aryl methyl sites for hydroxylation is 1. The maximum atomic E-state index is 12.9. The first-order valence-electron chi connectivity index (χ1n) is 10.3. The largest absolute Gasteiger partial charge is 0.349 e. The summed E-state index contributed by atoms with van der Waals surface area (Å²) >= 11 is 0. The van der Waals surface area contributed by atoms with Crippen LogP contribution >= 0.6 is 0 Å². The molecule has 0 radical (unpaired) electrons. The van der Waals surface area contributed by atoms with Crippen LogP contribution in [0, 0.1) is 13.8 Å². The topological polar surface area (TPSA) is 37.3 Å². The van der Waals surface area contributed by atoms with Crippen molar-refractivity contribution < 1.29 is 4.79 Å². The molecule has 4 nitrogen and oxygen atoms in total. The van der Waals surface area contributed by atoms with Crippen molar-refractivity contribution >= 4 is 5.91 Å². The molecule has 1 saturated carbocycles. The summed E-state index contributed by atoms with van der Waals surface area (Å²) in [5, 5.41) is 3.30. The van der Waals surface area contributed by atoms with Gasteiger partial charge in [0.2, 0.25) is 0 Å². The monoisotopic (exact) mass is 345 g/mol. The van der Waals surface area contributed by atoms with E-state index >= 15 is 0 Å². The van der Waals surface area contributed by atoms with Gasteiger partial charge in [0, 0.05) is 36.6 Å². The van der Waals surface area contributed by atoms with Crippen LogP contribution < -0.4 is 5.32 Å². The standard InChI is InChI=1S/C21H35N3O/c1-4-12-23-13-10-18(11-14-23)22-21(25)20-15-16(2)24(17(20)3)19-8-6-5-7-9-19/h15,18-19H,4-14H2,1-3H3,(H,22,25). The molecule has 140 valence electrons. The molecule has 0 spiro atoms. The molecule has 3 rings (SSSR count). The third-order valence-corrected chi connectivity index (χ3v) is 6.13. The molecule has 0 atom stereocenters. The van der Waals surface area contributed by atoms with Crippen molar-refractivity contribution in [3.8, 4) is 0 Å². The van der Waals surface area contributed by atoms with Gasteiger partial charge >= 0.3 is 0 Å². The van der Waals surface area contributed by atoms with Crippen molar-refractivity contribution in [1.82, 2.24) is 14.8 Å². The molecule has 1 aliphatic carbocycles. The van der Waals surface area contributed by atoms with E-state index in [1.807, 2.05) is 0 Å². The Morgan fingerprint density at radius 2 is 1.80 bits per heavy atom. The number of hydrogen-bond acceptors (Lipinski definition) is 2. The Hall–Kier alpha value is -1.29. The molecular weight excluding hydrogens is 310 g/mol. The number of amides is 1. The Balaban J connectivity index is 1.63. The fourth-order valence-electron chi connectivity index (χ4n) is 4.79. The Morgan fingerprint density at radius 1 is 1.12 bits per heavy atom. The lowest BCUT2D eigenvalue weighted by Gasteiger charge is -2.32. The zero-order valence-corrected chi connectivity index (χ0v) is 16.3. The normalized spacial score (nSPS) is 20.8. The minimum Gasteiger partial charge on any atom is -0.349 e. The maximum Gasteiger partial charge on any atom is 0.253 e. The summed E-state index contributed by atoms with van der Waals surface area (Å²) in [4.78, 5) is 15.4. The van der Waals surface area contributed by atoms with Crippen LogP contribution in [-0.2, 0) is 0 Å². The second kappa shape index (κ2) is 8.39. The highest BCUT2D eigenvalue weighted by Crippen LogP contribution is 2.32. The highest BCUT2D eigenvalue weighted by molar-refractivity contribution is 5.95. The fraction of sp³-hybridized carbons (Fsp3) is 0.762. The SMILES string of the molecule is CCCN1CCC(NC(=O)c2cc(C)n(C3CCCCC3)c2C)CC1. The number of carbonyl (C=O) groups excluding carboxylic acids is 1. The predicted molar refractivity (Wildman–Crippen MR) is 103 cm³/mol. The van der Waals surface area contributed by atoms with Crippen LogP contribution in [0.1, 0.15) is 86.1 Å². The second-order valence-corrected chi connectivity index (χ2v) is 8.04. The minimum absolute atomic E-state index is 0.129. The van der Waals surface area contributed by atoms with Crippen LogP contribution in [0.2, 0.25) is 0 Å². The zero-order valence-electron chi connectivity index (χ0n) is 16.3. The molecule has 0 aromatic carbocycles. The Morgan fingerprint density at radius 3 is 2.44 bits per heavy atom. The summed E-state index contributed by atoms with van der Waals surface area (Å²) in [6.07, 6.45) is 9.88. The van der Waals surface area contributed by atoms with Crippen LogP contribution in [0.15, 0.2) is 6.07 Å². The van der Waals surface area contributed by atoms with Gasteiger partial charge in [-0.3, -0.25) is 4.79 Å². The van der Waals surface area contributed by atoms with Crippen molar-refractivity contribution in [2.75, 3.05) is 19.6 Å². The first-order chi connectivity index (χ1) is 12.1. The molecule has 2 heterocycles. The van der Waals surface area contributed by atoms with Gasteiger partial charge in [0.05, 0.1) is 5.56 Å². The van der Waals surface area contributed by atoms with E-state index in [-0.39, 0.29) is 5.91 Å². The van der Waals surface area contributed by atoms with Crippen LogP contribution in [0.25, 0.3) is 0 Å². The number of piperidine rings is 1. The van der Waals surface area contributed by atoms with Crippen LogP contribution in [0.5, 0.6) is 0 Å². The average Bonchev–Trinajstić information content (AvgIpc) is 2.92. The molecule has 1 aromatic rings. The van der Waals surface area contributed by atoms with Crippen molar-refractivity contribution in [1.29, 1.82) is 0 Å². The molecular formula is C21H35N3O. The number of carbonyl (C=O) groups is 1. The number of hydrogen-bond donors (Lipinski definition) is 1. The van der Waals surface area contributed by atoms with Gasteiger partial charge in [-0.2, -0.15) is 0 Å². The molecule has 0 unspecified atom stereocenters. The van der Waals surface area contributed by atoms with E-state index in [0.717, 1.165) is 37.2 Å². The summed E-state index contributed by atoms with van der Waals surface area (Å²) < 4.78 is 2.43. The Labute approximate surface area is 153 Å². The molecule has 1 aliphatic heterocycles. The summed E-state index contributed by atoms with van der Waals surface area (Å²) in [6, 6.07) is 3.02. The summed E-state index contributed by atoms with van der Waals surface area (Å²) in [7, 11) is 0. The molecule has 1 N–H and O–H groups in total. The zero-order chi connectivity index (χ0) is 17.8. The number of aromatic nitrogens is 1. The molecule has 4 heteroatoms. The molecule has 1 amide bonds. The van der Waals surface area contributed by atoms with Gasteiger partial charge in [-0.05, 0) is 58.6 Å². The first kappa shape index (κ1) is 18.5. The lowest BCUT2D eigenvalue weighted by Crippen LogP contribution is -2.44. The van der Waals surface area contributed by atoms with Crippen molar-refractivity contribution in [2.45, 2.75) is 84.2 Å². The van der Waals surface area contributed by atoms with Crippen molar-refractivity contribution in [2.24, 2.45) is 0 Å². The van der Waals surface area contributed by atoms with E-state index in [1.165, 1.54) is 50.8 Å². The van der Waals surface area contributed by atoms with Gasteiger partial charge in [0.25, 0.3) is 5.91 Å². The number of nitrogens with one attached hydrogen (secondary N) is 1. The second-order valence-electron chi connectivity index (χ2n) is 8.04. The first-order valence-corrected chi connectivity index (χ1v) is 10.3. The van der Waals surface area contributed by atoms with Gasteiger partial charge in [0.1, 0.15) is 0 Å². The molecule has 1 saturated heterocycles. The predicted octanol–water partition coefficient (Wildman–Crippen LogP) is 4.21. The van der Waals surface area contributed by atoms with Gasteiger partial charge < -0.3 is 14.8 Å². The molecule has 2 aliphatic rings. The van der Waals surface area contributed by atoms with E-state index in [0.29, 0.717) is 12.1 Å². The number of nitrogens with zero attached hydrogens (tertiary/aromatic N) is 2. The molecule has 1 aromatic heterocycles. The minimum atomic E-state index is 0.129. The van der Waals surface area contributed by atoms with Crippen molar-refractivity contribution in [3.63, 3.8) is 0 Å².